The maximum atomic E-state index is 6.82. The molecule has 0 saturated heterocycles. The fourth-order valence-electron chi connectivity index (χ4n) is 17.9. The van der Waals surface area contributed by atoms with Gasteiger partial charge in [0.2, 0.25) is 0 Å². The Balaban J connectivity index is 0.000000106. The highest BCUT2D eigenvalue weighted by Crippen LogP contribution is 2.47. The minimum absolute atomic E-state index is 0.000326. The lowest BCUT2D eigenvalue weighted by Crippen LogP contribution is -2.57. The fraction of sp³-hybridized carbons (Fsp3) is 0. The van der Waals surface area contributed by atoms with E-state index in [2.05, 4.69) is 376 Å². The first kappa shape index (κ1) is 68.7. The Labute approximate surface area is 681 Å². The lowest BCUT2D eigenvalue weighted by Gasteiger charge is -2.35. The Kier molecular flexibility index (Phi) is 17.1. The molecule has 9 heteroatoms. The molecule has 6 heterocycles. The van der Waals surface area contributed by atoms with E-state index >= 15 is 0 Å². The lowest BCUT2D eigenvalue weighted by molar-refractivity contribution is 0.464. The second-order valence-corrected chi connectivity index (χ2v) is 30.3. The molecule has 6 nitrogen and oxygen atoms in total. The Hall–Kier alpha value is -15.0. The van der Waals surface area contributed by atoms with Crippen LogP contribution in [0.1, 0.15) is 0 Å². The summed E-state index contributed by atoms with van der Waals surface area (Å²) < 4.78 is 40.3. The molecule has 0 radical (unpaired) electrons. The van der Waals surface area contributed by atoms with E-state index in [1.807, 2.05) is 42.5 Å². The summed E-state index contributed by atoms with van der Waals surface area (Å²) >= 11 is 0. The molecule has 6 aliphatic rings. The average Bonchev–Trinajstić information content (AvgIpc) is 0.730. The van der Waals surface area contributed by atoms with Gasteiger partial charge in [0.1, 0.15) is 69.0 Å². The van der Waals surface area contributed by atoms with Gasteiger partial charge in [0.15, 0.2) is 0 Å². The Bertz CT molecular complexity index is 6510. The Morgan fingerprint density at radius 2 is 0.359 bits per heavy atom. The van der Waals surface area contributed by atoms with Crippen LogP contribution in [0, 0.1) is 0 Å². The number of rotatable bonds is 9. The van der Waals surface area contributed by atoms with Crippen LogP contribution in [0.2, 0.25) is 0 Å². The number of para-hydroxylation sites is 2. The van der Waals surface area contributed by atoms with Crippen LogP contribution >= 0.6 is 0 Å². The standard InChI is InChI=1S/3C36H23BO2/c1-4-12-24(13-5-1)27-22-32-34-33(23-27)39-36-29(26-16-8-3-9-17-26)19-11-21-31(36)37(34)30-20-10-18-28(35(30)38-32)25-14-6-2-7-15-25;1-4-10-24(11-5-1)27-16-18-32-30(20-27)37-31-21-28(25-12-6-2-7-13-25)17-19-33(31)39-35-23-29(22-34(38-32)36(35)37)26-14-8-3-9-15-26;1-4-10-24(11-5-1)27-16-18-30-32(20-27)38-34-22-29(26-14-8-3-9-15-26)23-35-36(34)37(30)31-19-17-28(21-33(31)39-35)25-12-6-2-7-13-25/h3*1-23H. The zero-order chi connectivity index (χ0) is 77.3. The molecule has 18 aromatic rings. The normalized spacial score (nSPS) is 12.5. The van der Waals surface area contributed by atoms with E-state index in [4.69, 9.17) is 28.4 Å². The summed E-state index contributed by atoms with van der Waals surface area (Å²) in [5.74, 6) is 10.5. The first-order chi connectivity index (χ1) is 58.0. The van der Waals surface area contributed by atoms with Gasteiger partial charge >= 0.3 is 0 Å². The van der Waals surface area contributed by atoms with Gasteiger partial charge in [-0.3, -0.25) is 0 Å². The quantitative estimate of drug-likeness (QED) is 0.134. The van der Waals surface area contributed by atoms with Crippen LogP contribution in [0.3, 0.4) is 0 Å². The molecule has 0 saturated carbocycles. The van der Waals surface area contributed by atoms with Crippen LogP contribution in [0.15, 0.2) is 419 Å². The summed E-state index contributed by atoms with van der Waals surface area (Å²) in [7, 11) is 0. The molecule has 24 rings (SSSR count). The third-order valence-corrected chi connectivity index (χ3v) is 23.4. The van der Waals surface area contributed by atoms with Crippen molar-refractivity contribution in [3.8, 4) is 169 Å². The van der Waals surface area contributed by atoms with E-state index in [-0.39, 0.29) is 20.1 Å². The maximum Gasteiger partial charge on any atom is 0.260 e. The van der Waals surface area contributed by atoms with E-state index in [1.165, 1.54) is 33.4 Å². The van der Waals surface area contributed by atoms with Gasteiger partial charge in [-0.15, -0.1) is 0 Å². The summed E-state index contributed by atoms with van der Waals surface area (Å²) in [6, 6.07) is 147. The zero-order valence-electron chi connectivity index (χ0n) is 63.5. The maximum absolute atomic E-state index is 6.82. The van der Waals surface area contributed by atoms with Crippen molar-refractivity contribution in [3.63, 3.8) is 0 Å². The molecule has 0 N–H and O–H groups in total. The molecular formula is C108H69B3O6. The van der Waals surface area contributed by atoms with Crippen molar-refractivity contribution in [2.24, 2.45) is 0 Å². The van der Waals surface area contributed by atoms with Gasteiger partial charge in [-0.2, -0.15) is 0 Å². The third kappa shape index (κ3) is 12.5. The largest absolute Gasteiger partial charge is 0.458 e. The van der Waals surface area contributed by atoms with Crippen molar-refractivity contribution < 1.29 is 28.4 Å². The van der Waals surface area contributed by atoms with Crippen LogP contribution in [0.4, 0.5) is 0 Å². The molecule has 0 spiro atoms. The molecule has 0 aliphatic carbocycles. The van der Waals surface area contributed by atoms with Crippen molar-refractivity contribution in [1.82, 2.24) is 0 Å². The van der Waals surface area contributed by atoms with E-state index in [0.29, 0.717) is 0 Å². The van der Waals surface area contributed by atoms with Crippen molar-refractivity contribution in [3.05, 3.63) is 419 Å². The molecule has 0 bridgehead atoms. The second kappa shape index (κ2) is 29.2. The zero-order valence-corrected chi connectivity index (χ0v) is 63.5. The van der Waals surface area contributed by atoms with Crippen molar-refractivity contribution in [2.45, 2.75) is 0 Å². The SMILES string of the molecule is c1ccc(-c2cc3c4c(c2)Oc2c(cccc2-c2ccccc2)B4c2cccc(-c4ccccc4)c2O3)cc1.c1ccc(-c2cc3c4c(c2)Oc2ccc(-c5ccccc5)cc2B4c2cc(-c4ccccc4)ccc2O3)cc1.c1ccc(-c2ccc3c(c2)Oc2cc(-c4ccccc4)cc4c2B3c2ccc(-c3ccccc3)cc2O4)cc1. The molecule has 0 amide bonds. The lowest BCUT2D eigenvalue weighted by atomic mass is 9.34. The number of hydrogen-bond donors (Lipinski definition) is 0. The van der Waals surface area contributed by atoms with Crippen molar-refractivity contribution in [2.75, 3.05) is 0 Å². The minimum atomic E-state index is -0.000326. The van der Waals surface area contributed by atoms with Crippen molar-refractivity contribution >= 4 is 69.3 Å². The first-order valence-electron chi connectivity index (χ1n) is 39.9. The molecule has 0 unspecified atom stereocenters. The highest BCUT2D eigenvalue weighted by Gasteiger charge is 2.45. The summed E-state index contributed by atoms with van der Waals surface area (Å²) in [5, 5.41) is 0. The van der Waals surface area contributed by atoms with Crippen LogP contribution in [-0.4, -0.2) is 20.1 Å². The smallest absolute Gasteiger partial charge is 0.260 e. The van der Waals surface area contributed by atoms with Gasteiger partial charge in [0, 0.05) is 27.5 Å². The number of fused-ring (bicyclic) bond motifs is 12. The van der Waals surface area contributed by atoms with Crippen LogP contribution in [0.5, 0.6) is 69.0 Å². The van der Waals surface area contributed by atoms with Gasteiger partial charge in [0.05, 0.1) is 0 Å². The molecule has 0 atom stereocenters. The minimum Gasteiger partial charge on any atom is -0.458 e. The highest BCUT2D eigenvalue weighted by atomic mass is 16.5. The predicted octanol–water partition coefficient (Wildman–Crippen LogP) is 22.2. The molecule has 6 aliphatic heterocycles. The average molecular weight is 1500 g/mol. The molecule has 117 heavy (non-hydrogen) atoms. The summed E-state index contributed by atoms with van der Waals surface area (Å²) in [5.41, 5.74) is 30.7. The van der Waals surface area contributed by atoms with E-state index in [9.17, 15) is 0 Å². The van der Waals surface area contributed by atoms with Gasteiger partial charge in [-0.05, 0) is 182 Å². The van der Waals surface area contributed by atoms with E-state index < -0.39 is 0 Å². The summed E-state index contributed by atoms with van der Waals surface area (Å²) in [6.07, 6.45) is 0. The number of hydrogen-bond acceptors (Lipinski definition) is 6. The topological polar surface area (TPSA) is 55.4 Å². The number of benzene rings is 18. The predicted molar refractivity (Wildman–Crippen MR) is 481 cm³/mol. The van der Waals surface area contributed by atoms with E-state index in [1.54, 1.807) is 0 Å². The monoisotopic (exact) mass is 1490 g/mol. The van der Waals surface area contributed by atoms with Gasteiger partial charge in [0.25, 0.3) is 20.1 Å². The fourth-order valence-corrected chi connectivity index (χ4v) is 17.9. The van der Waals surface area contributed by atoms with Gasteiger partial charge in [-0.1, -0.05) is 358 Å². The van der Waals surface area contributed by atoms with Gasteiger partial charge in [-0.25, -0.2) is 0 Å². The van der Waals surface area contributed by atoms with E-state index in [0.717, 1.165) is 185 Å². The molecule has 0 aromatic heterocycles. The molecule has 18 aromatic carbocycles. The number of ether oxygens (including phenoxy) is 6. The molecular weight excluding hydrogens is 1430 g/mol. The second-order valence-electron chi connectivity index (χ2n) is 30.3. The Morgan fingerprint density at radius 1 is 0.128 bits per heavy atom. The molecule has 546 valence electrons. The van der Waals surface area contributed by atoms with Crippen LogP contribution in [-0.2, 0) is 0 Å². The summed E-state index contributed by atoms with van der Waals surface area (Å²) in [4.78, 5) is 0. The third-order valence-electron chi connectivity index (χ3n) is 23.4. The van der Waals surface area contributed by atoms with Crippen LogP contribution in [0.25, 0.3) is 100 Å². The Morgan fingerprint density at radius 3 is 0.667 bits per heavy atom. The van der Waals surface area contributed by atoms with Crippen molar-refractivity contribution in [1.29, 1.82) is 0 Å². The molecule has 0 fully saturated rings. The highest BCUT2D eigenvalue weighted by molar-refractivity contribution is 7.00. The first-order valence-corrected chi connectivity index (χ1v) is 39.9. The summed E-state index contributed by atoms with van der Waals surface area (Å²) in [6.45, 7) is 0.0289. The van der Waals surface area contributed by atoms with Crippen LogP contribution < -0.4 is 77.6 Å². The van der Waals surface area contributed by atoms with Gasteiger partial charge < -0.3 is 28.4 Å².